The molecule has 1 amide bonds. The number of carbonyl (C=O) groups is 1. The third-order valence-electron chi connectivity index (χ3n) is 5.10. The molecular formula is C23H22N2O5. The summed E-state index contributed by atoms with van der Waals surface area (Å²) in [6.07, 6.45) is -0.552. The molecule has 0 aliphatic carbocycles. The van der Waals surface area contributed by atoms with Crippen molar-refractivity contribution in [3.8, 4) is 23.0 Å². The largest absolute Gasteiger partial charge is 0.502 e. The molecule has 0 saturated heterocycles. The number of amides is 1. The molecule has 3 aromatic carbocycles. The van der Waals surface area contributed by atoms with Crippen LogP contribution in [0.3, 0.4) is 0 Å². The highest BCUT2D eigenvalue weighted by Gasteiger charge is 2.35. The van der Waals surface area contributed by atoms with Crippen molar-refractivity contribution < 1.29 is 24.1 Å². The number of benzene rings is 3. The molecule has 7 nitrogen and oxygen atoms in total. The van der Waals surface area contributed by atoms with Crippen LogP contribution in [0.15, 0.2) is 60.7 Å². The molecule has 0 spiro atoms. The summed E-state index contributed by atoms with van der Waals surface area (Å²) >= 11 is 0. The van der Waals surface area contributed by atoms with Gasteiger partial charge in [0.2, 0.25) is 5.75 Å². The van der Waals surface area contributed by atoms with Crippen LogP contribution < -0.4 is 24.4 Å². The number of anilines is 2. The summed E-state index contributed by atoms with van der Waals surface area (Å²) in [7, 11) is 4.53. The summed E-state index contributed by atoms with van der Waals surface area (Å²) in [4.78, 5) is 15.1. The average molecular weight is 406 g/mol. The summed E-state index contributed by atoms with van der Waals surface area (Å²) in [5.41, 5.74) is 2.68. The monoisotopic (exact) mass is 406 g/mol. The number of phenols is 1. The highest BCUT2D eigenvalue weighted by molar-refractivity contribution is 6.12. The van der Waals surface area contributed by atoms with Gasteiger partial charge in [0.05, 0.1) is 26.9 Å². The van der Waals surface area contributed by atoms with Gasteiger partial charge in [-0.15, -0.1) is 0 Å². The Bertz CT molecular complexity index is 1060. The number of para-hydroxylation sites is 1. The van der Waals surface area contributed by atoms with Gasteiger partial charge in [-0.1, -0.05) is 12.1 Å². The maximum atomic E-state index is 13.5. The summed E-state index contributed by atoms with van der Waals surface area (Å²) < 4.78 is 15.9. The zero-order chi connectivity index (χ0) is 21.3. The van der Waals surface area contributed by atoms with Crippen LogP contribution in [0.4, 0.5) is 11.4 Å². The van der Waals surface area contributed by atoms with Gasteiger partial charge in [-0.25, -0.2) is 0 Å². The van der Waals surface area contributed by atoms with Gasteiger partial charge < -0.3 is 24.6 Å². The van der Waals surface area contributed by atoms with E-state index in [9.17, 15) is 9.90 Å². The van der Waals surface area contributed by atoms with E-state index in [1.54, 1.807) is 42.3 Å². The van der Waals surface area contributed by atoms with Crippen molar-refractivity contribution in [2.75, 3.05) is 31.5 Å². The molecule has 0 aromatic heterocycles. The zero-order valence-electron chi connectivity index (χ0n) is 16.9. The van der Waals surface area contributed by atoms with Gasteiger partial charge in [0, 0.05) is 16.9 Å². The van der Waals surface area contributed by atoms with Crippen LogP contribution >= 0.6 is 0 Å². The molecule has 4 rings (SSSR count). The molecule has 1 unspecified atom stereocenters. The second kappa shape index (κ2) is 7.87. The Morgan fingerprint density at radius 2 is 1.53 bits per heavy atom. The van der Waals surface area contributed by atoms with Crippen molar-refractivity contribution in [2.45, 2.75) is 6.17 Å². The van der Waals surface area contributed by atoms with Crippen molar-refractivity contribution in [1.82, 2.24) is 0 Å². The van der Waals surface area contributed by atoms with E-state index < -0.39 is 6.17 Å². The van der Waals surface area contributed by atoms with E-state index in [2.05, 4.69) is 5.32 Å². The van der Waals surface area contributed by atoms with E-state index >= 15 is 0 Å². The minimum absolute atomic E-state index is 0.0951. The van der Waals surface area contributed by atoms with Crippen molar-refractivity contribution in [3.63, 3.8) is 0 Å². The predicted octanol–water partition coefficient (Wildman–Crippen LogP) is 4.19. The maximum Gasteiger partial charge on any atom is 0.262 e. The van der Waals surface area contributed by atoms with Crippen LogP contribution in [0, 0.1) is 0 Å². The fourth-order valence-electron chi connectivity index (χ4n) is 3.57. The van der Waals surface area contributed by atoms with Crippen LogP contribution in [0.5, 0.6) is 23.0 Å². The van der Waals surface area contributed by atoms with Gasteiger partial charge in [-0.05, 0) is 48.5 Å². The summed E-state index contributed by atoms with van der Waals surface area (Å²) in [6, 6.07) is 18.0. The Labute approximate surface area is 174 Å². The van der Waals surface area contributed by atoms with E-state index in [-0.39, 0.29) is 23.2 Å². The Morgan fingerprint density at radius 1 is 0.900 bits per heavy atom. The van der Waals surface area contributed by atoms with Crippen molar-refractivity contribution in [3.05, 3.63) is 71.8 Å². The number of aromatic hydroxyl groups is 1. The Hall–Kier alpha value is -3.87. The first-order chi connectivity index (χ1) is 14.6. The average Bonchev–Trinajstić information content (AvgIpc) is 2.79. The highest BCUT2D eigenvalue weighted by Crippen LogP contribution is 2.43. The quantitative estimate of drug-likeness (QED) is 0.661. The molecule has 0 radical (unpaired) electrons. The van der Waals surface area contributed by atoms with E-state index in [0.29, 0.717) is 22.6 Å². The first kappa shape index (κ1) is 19.4. The third kappa shape index (κ3) is 3.24. The maximum absolute atomic E-state index is 13.5. The first-order valence-electron chi connectivity index (χ1n) is 9.35. The topological polar surface area (TPSA) is 80.3 Å². The molecule has 3 aromatic rings. The SMILES string of the molecule is COc1ccc(N2C(=O)c3ccccc3NC2c2cc(OC)c(O)c(OC)c2)cc1. The lowest BCUT2D eigenvalue weighted by Gasteiger charge is -2.38. The number of nitrogens with zero attached hydrogens (tertiary/aromatic N) is 1. The number of nitrogens with one attached hydrogen (secondary N) is 1. The van der Waals surface area contributed by atoms with Gasteiger partial charge in [-0.2, -0.15) is 0 Å². The standard InChI is InChI=1S/C23H22N2O5/c1-28-16-10-8-15(9-11-16)25-22(24-18-7-5-4-6-17(18)23(25)27)14-12-19(29-2)21(26)20(13-14)30-3/h4-13,22,24,26H,1-3H3. The molecule has 1 atom stereocenters. The number of hydrogen-bond donors (Lipinski definition) is 2. The molecule has 0 saturated carbocycles. The number of methoxy groups -OCH3 is 3. The first-order valence-corrected chi connectivity index (χ1v) is 9.35. The number of carbonyl (C=O) groups excluding carboxylic acids is 1. The molecule has 154 valence electrons. The lowest BCUT2D eigenvalue weighted by molar-refractivity contribution is 0.0974. The van der Waals surface area contributed by atoms with Crippen molar-refractivity contribution in [2.24, 2.45) is 0 Å². The molecule has 1 aliphatic rings. The third-order valence-corrected chi connectivity index (χ3v) is 5.10. The molecule has 30 heavy (non-hydrogen) atoms. The second-order valence-electron chi connectivity index (χ2n) is 6.74. The Balaban J connectivity index is 1.88. The van der Waals surface area contributed by atoms with Crippen molar-refractivity contribution in [1.29, 1.82) is 0 Å². The van der Waals surface area contributed by atoms with Gasteiger partial charge in [0.25, 0.3) is 5.91 Å². The highest BCUT2D eigenvalue weighted by atomic mass is 16.5. The summed E-state index contributed by atoms with van der Waals surface area (Å²) in [6.45, 7) is 0. The Morgan fingerprint density at radius 3 is 2.13 bits per heavy atom. The number of fused-ring (bicyclic) bond motifs is 1. The lowest BCUT2D eigenvalue weighted by atomic mass is 10.0. The molecular weight excluding hydrogens is 384 g/mol. The van der Waals surface area contributed by atoms with Crippen LogP contribution in [-0.4, -0.2) is 32.3 Å². The second-order valence-corrected chi connectivity index (χ2v) is 6.74. The van der Waals surface area contributed by atoms with Crippen LogP contribution in [0.2, 0.25) is 0 Å². The van der Waals surface area contributed by atoms with Gasteiger partial charge in [0.1, 0.15) is 11.9 Å². The lowest BCUT2D eigenvalue weighted by Crippen LogP contribution is -2.43. The molecule has 2 N–H and O–H groups in total. The predicted molar refractivity (Wildman–Crippen MR) is 114 cm³/mol. The van der Waals surface area contributed by atoms with Crippen LogP contribution in [0.25, 0.3) is 0 Å². The van der Waals surface area contributed by atoms with E-state index in [0.717, 1.165) is 5.69 Å². The minimum atomic E-state index is -0.552. The fraction of sp³-hybridized carbons (Fsp3) is 0.174. The van der Waals surface area contributed by atoms with Gasteiger partial charge >= 0.3 is 0 Å². The fourth-order valence-corrected chi connectivity index (χ4v) is 3.57. The van der Waals surface area contributed by atoms with E-state index in [1.165, 1.54) is 14.2 Å². The van der Waals surface area contributed by atoms with Gasteiger partial charge in [0.15, 0.2) is 11.5 Å². The number of hydrogen-bond acceptors (Lipinski definition) is 6. The number of ether oxygens (including phenoxy) is 3. The summed E-state index contributed by atoms with van der Waals surface area (Å²) in [5.74, 6) is 0.966. The van der Waals surface area contributed by atoms with Crippen LogP contribution in [0.1, 0.15) is 22.1 Å². The zero-order valence-corrected chi connectivity index (χ0v) is 16.9. The van der Waals surface area contributed by atoms with Crippen molar-refractivity contribution >= 4 is 17.3 Å². The molecule has 0 bridgehead atoms. The van der Waals surface area contributed by atoms with E-state index in [1.807, 2.05) is 30.3 Å². The normalized spacial score (nSPS) is 15.2. The minimum Gasteiger partial charge on any atom is -0.502 e. The van der Waals surface area contributed by atoms with E-state index in [4.69, 9.17) is 14.2 Å². The summed E-state index contributed by atoms with van der Waals surface area (Å²) in [5, 5.41) is 13.7. The Kier molecular flexibility index (Phi) is 5.10. The molecule has 7 heteroatoms. The number of rotatable bonds is 5. The van der Waals surface area contributed by atoms with Gasteiger partial charge in [-0.3, -0.25) is 9.69 Å². The molecule has 1 heterocycles. The van der Waals surface area contributed by atoms with Crippen LogP contribution in [-0.2, 0) is 0 Å². The smallest absolute Gasteiger partial charge is 0.262 e. The molecule has 0 fully saturated rings. The molecule has 1 aliphatic heterocycles. The number of phenolic OH excluding ortho intramolecular Hbond substituents is 1.